The molecule has 0 saturated carbocycles. The van der Waals surface area contributed by atoms with Crippen molar-refractivity contribution < 1.29 is 9.47 Å². The van der Waals surface area contributed by atoms with Crippen molar-refractivity contribution in [3.8, 4) is 23.8 Å². The lowest BCUT2D eigenvalue weighted by molar-refractivity contribution is 0.331. The molecule has 0 spiro atoms. The van der Waals surface area contributed by atoms with Crippen molar-refractivity contribution in [2.24, 2.45) is 5.10 Å². The van der Waals surface area contributed by atoms with Gasteiger partial charge < -0.3 is 9.47 Å². The molecule has 0 aliphatic carbocycles. The maximum Gasteiger partial charge on any atom is 0.282 e. The van der Waals surface area contributed by atoms with E-state index >= 15 is 0 Å². The largest absolute Gasteiger partial charge is 0.493 e. The lowest BCUT2D eigenvalue weighted by atomic mass is 9.95. The van der Waals surface area contributed by atoms with E-state index < -0.39 is 5.41 Å². The zero-order chi connectivity index (χ0) is 23.6. The van der Waals surface area contributed by atoms with Crippen LogP contribution in [0.15, 0.2) is 43.1 Å². The Morgan fingerprint density at radius 3 is 2.66 bits per heavy atom. The van der Waals surface area contributed by atoms with Gasteiger partial charge in [-0.3, -0.25) is 4.79 Å². The van der Waals surface area contributed by atoms with E-state index in [1.54, 1.807) is 18.2 Å². The minimum atomic E-state index is -0.433. The first-order valence-electron chi connectivity index (χ1n) is 9.48. The minimum absolute atomic E-state index is 0.0403. The normalized spacial score (nSPS) is 11.7. The summed E-state index contributed by atoms with van der Waals surface area (Å²) in [5, 5.41) is 5.21. The van der Waals surface area contributed by atoms with Crippen molar-refractivity contribution in [3.63, 3.8) is 0 Å². The monoisotopic (exact) mass is 579 g/mol. The molecule has 0 aliphatic rings. The third-order valence-electron chi connectivity index (χ3n) is 4.47. The molecule has 1 heterocycles. The molecule has 0 unspecified atom stereocenters. The number of hydrogen-bond acceptors (Lipinski definition) is 5. The Kier molecular flexibility index (Phi) is 7.33. The number of aromatic nitrogens is 2. The van der Waals surface area contributed by atoms with Crippen LogP contribution >= 0.6 is 43.5 Å². The van der Waals surface area contributed by atoms with Crippen LogP contribution in [0.2, 0.25) is 5.02 Å². The molecule has 0 amide bonds. The molecule has 0 N–H and O–H groups in total. The van der Waals surface area contributed by atoms with Gasteiger partial charge in [0.1, 0.15) is 17.5 Å². The maximum absolute atomic E-state index is 13.3. The fourth-order valence-corrected chi connectivity index (χ4v) is 3.97. The molecule has 0 atom stereocenters. The number of methoxy groups -OCH3 is 1. The Labute approximate surface area is 207 Å². The number of terminal acetylenes is 1. The fourth-order valence-electron chi connectivity index (χ4n) is 2.96. The van der Waals surface area contributed by atoms with Gasteiger partial charge in [0.25, 0.3) is 5.56 Å². The van der Waals surface area contributed by atoms with E-state index in [9.17, 15) is 4.79 Å². The first-order chi connectivity index (χ1) is 15.1. The quantitative estimate of drug-likeness (QED) is 0.283. The van der Waals surface area contributed by atoms with Gasteiger partial charge in [-0.1, -0.05) is 54.2 Å². The zero-order valence-corrected chi connectivity index (χ0v) is 21.8. The molecule has 6 nitrogen and oxygen atoms in total. The van der Waals surface area contributed by atoms with Crippen molar-refractivity contribution in [1.82, 2.24) is 9.66 Å². The average Bonchev–Trinajstić information content (AvgIpc) is 2.74. The summed E-state index contributed by atoms with van der Waals surface area (Å²) < 4.78 is 13.5. The van der Waals surface area contributed by atoms with Crippen molar-refractivity contribution in [2.75, 3.05) is 13.7 Å². The lowest BCUT2D eigenvalue weighted by Gasteiger charge is -2.21. The first-order valence-corrected chi connectivity index (χ1v) is 11.4. The Morgan fingerprint density at radius 1 is 1.31 bits per heavy atom. The number of halogens is 3. The molecule has 0 fully saturated rings. The molecule has 3 rings (SSSR count). The third kappa shape index (κ3) is 4.85. The second-order valence-electron chi connectivity index (χ2n) is 7.83. The number of nitrogens with zero attached hydrogens (tertiary/aromatic N) is 3. The third-order valence-corrected chi connectivity index (χ3v) is 6.40. The van der Waals surface area contributed by atoms with Gasteiger partial charge in [0, 0.05) is 19.9 Å². The van der Waals surface area contributed by atoms with Gasteiger partial charge in [0.2, 0.25) is 0 Å². The second kappa shape index (κ2) is 9.65. The average molecular weight is 582 g/mol. The highest BCUT2D eigenvalue weighted by atomic mass is 79.9. The summed E-state index contributed by atoms with van der Waals surface area (Å²) in [5.74, 6) is 3.63. The van der Waals surface area contributed by atoms with Crippen LogP contribution in [0.4, 0.5) is 0 Å². The Bertz CT molecular complexity index is 1320. The van der Waals surface area contributed by atoms with Crippen molar-refractivity contribution >= 4 is 60.6 Å². The van der Waals surface area contributed by atoms with Gasteiger partial charge in [-0.25, -0.2) is 4.98 Å². The summed E-state index contributed by atoms with van der Waals surface area (Å²) in [6.45, 7) is 5.95. The molecule has 0 aliphatic heterocycles. The molecule has 0 radical (unpaired) electrons. The molecule has 32 heavy (non-hydrogen) atoms. The molecule has 0 bridgehead atoms. The zero-order valence-electron chi connectivity index (χ0n) is 17.9. The van der Waals surface area contributed by atoms with Crippen LogP contribution in [-0.4, -0.2) is 29.6 Å². The number of rotatable bonds is 5. The standard InChI is InChI=1S/C23H20Br2ClN3O3/c1-6-9-32-20-17(31-5)10-13(18(25)19(20)26)12-27-29-21(30)15-11-14(24)7-8-16(15)28-22(29)23(2,3)4/h1,7-8,10-12H,9H2,2-5H3. The summed E-state index contributed by atoms with van der Waals surface area (Å²) >= 11 is 13.3. The Hall–Kier alpha value is -2.34. The van der Waals surface area contributed by atoms with E-state index in [0.29, 0.717) is 38.3 Å². The van der Waals surface area contributed by atoms with E-state index in [1.165, 1.54) is 18.0 Å². The molecule has 0 saturated heterocycles. The summed E-state index contributed by atoms with van der Waals surface area (Å²) in [4.78, 5) is 18.0. The van der Waals surface area contributed by atoms with Crippen LogP contribution in [0.5, 0.6) is 11.5 Å². The van der Waals surface area contributed by atoms with Crippen LogP contribution in [0.25, 0.3) is 10.9 Å². The Morgan fingerprint density at radius 2 is 2.03 bits per heavy atom. The number of hydrogen-bond donors (Lipinski definition) is 0. The topological polar surface area (TPSA) is 65.7 Å². The highest BCUT2D eigenvalue weighted by Crippen LogP contribution is 2.42. The van der Waals surface area contributed by atoms with E-state index in [-0.39, 0.29) is 17.2 Å². The summed E-state index contributed by atoms with van der Waals surface area (Å²) in [5.41, 5.74) is 0.481. The van der Waals surface area contributed by atoms with E-state index in [4.69, 9.17) is 32.5 Å². The van der Waals surface area contributed by atoms with Crippen molar-refractivity contribution in [3.05, 3.63) is 60.0 Å². The molecule has 2 aromatic carbocycles. The van der Waals surface area contributed by atoms with Gasteiger partial charge >= 0.3 is 0 Å². The smallest absolute Gasteiger partial charge is 0.282 e. The molecule has 166 valence electrons. The second-order valence-corrected chi connectivity index (χ2v) is 9.91. The first kappa shape index (κ1) is 24.3. The number of fused-ring (bicyclic) bond motifs is 1. The number of benzene rings is 2. The van der Waals surface area contributed by atoms with Crippen molar-refractivity contribution in [2.45, 2.75) is 26.2 Å². The van der Waals surface area contributed by atoms with Crippen LogP contribution < -0.4 is 15.0 Å². The highest BCUT2D eigenvalue weighted by molar-refractivity contribution is 9.10. The predicted molar refractivity (Wildman–Crippen MR) is 135 cm³/mol. The maximum atomic E-state index is 13.3. The van der Waals surface area contributed by atoms with E-state index in [1.807, 2.05) is 26.8 Å². The molecular formula is C23H20Br2ClN3O3. The Balaban J connectivity index is 2.20. The summed E-state index contributed by atoms with van der Waals surface area (Å²) in [7, 11) is 1.50. The SMILES string of the molecule is C#CCOc1c(OC)cc(C=Nn2c(C(C)(C)C)nc3ccc(Br)cc3c2=O)c(Br)c1Cl. The molecule has 9 heteroatoms. The lowest BCUT2D eigenvalue weighted by Crippen LogP contribution is -2.29. The number of ether oxygens (including phenoxy) is 2. The van der Waals surface area contributed by atoms with Crippen LogP contribution in [0.3, 0.4) is 0 Å². The fraction of sp³-hybridized carbons (Fsp3) is 0.261. The van der Waals surface area contributed by atoms with Gasteiger partial charge in [0.15, 0.2) is 11.5 Å². The highest BCUT2D eigenvalue weighted by Gasteiger charge is 2.23. The van der Waals surface area contributed by atoms with Crippen LogP contribution in [0, 0.1) is 12.3 Å². The summed E-state index contributed by atoms with van der Waals surface area (Å²) in [6, 6.07) is 7.08. The van der Waals surface area contributed by atoms with Gasteiger partial charge in [-0.2, -0.15) is 9.78 Å². The predicted octanol–water partition coefficient (Wildman–Crippen LogP) is 5.78. The molecule has 1 aromatic heterocycles. The summed E-state index contributed by atoms with van der Waals surface area (Å²) in [6.07, 6.45) is 6.80. The van der Waals surface area contributed by atoms with E-state index in [0.717, 1.165) is 4.47 Å². The minimum Gasteiger partial charge on any atom is -0.493 e. The molecular weight excluding hydrogens is 562 g/mol. The van der Waals surface area contributed by atoms with Crippen LogP contribution in [0.1, 0.15) is 32.2 Å². The van der Waals surface area contributed by atoms with Gasteiger partial charge in [-0.15, -0.1) is 6.42 Å². The van der Waals surface area contributed by atoms with E-state index in [2.05, 4.69) is 42.9 Å². The van der Waals surface area contributed by atoms with Gasteiger partial charge in [-0.05, 0) is 40.2 Å². The molecule has 3 aromatic rings. The van der Waals surface area contributed by atoms with Crippen LogP contribution in [-0.2, 0) is 5.41 Å². The van der Waals surface area contributed by atoms with Crippen molar-refractivity contribution in [1.29, 1.82) is 0 Å². The van der Waals surface area contributed by atoms with Gasteiger partial charge in [0.05, 0.1) is 24.2 Å².